The minimum absolute atomic E-state index is 0.0119. The molecule has 2 rings (SSSR count). The number of nitrogens with one attached hydrogen (secondary N) is 2. The first-order valence-corrected chi connectivity index (χ1v) is 16.5. The molecule has 1 saturated heterocycles. The summed E-state index contributed by atoms with van der Waals surface area (Å²) >= 11 is 0. The quantitative estimate of drug-likeness (QED) is 0.169. The van der Waals surface area contributed by atoms with Crippen LogP contribution in [0.5, 0.6) is 0 Å². The summed E-state index contributed by atoms with van der Waals surface area (Å²) < 4.78 is 17.4. The second kappa shape index (κ2) is 16.8. The van der Waals surface area contributed by atoms with Gasteiger partial charge in [-0.3, -0.25) is 9.59 Å². The van der Waals surface area contributed by atoms with Crippen LogP contribution in [0.1, 0.15) is 132 Å². The number of rotatable bonds is 15. The van der Waals surface area contributed by atoms with Gasteiger partial charge in [-0.25, -0.2) is 4.79 Å². The molecule has 2 N–H and O–H groups in total. The topological polar surface area (TPSA) is 106 Å². The second-order valence-corrected chi connectivity index (χ2v) is 14.7. The molecule has 244 valence electrons. The molecule has 3 atom stereocenters. The van der Waals surface area contributed by atoms with E-state index in [-0.39, 0.29) is 48.4 Å². The maximum atomic E-state index is 13.4. The fourth-order valence-electron chi connectivity index (χ4n) is 5.67. The number of carbonyl (C=O) groups is 3. The van der Waals surface area contributed by atoms with Crippen LogP contribution in [0, 0.1) is 10.8 Å². The summed E-state index contributed by atoms with van der Waals surface area (Å²) in [6.45, 7) is 18.1. The van der Waals surface area contributed by atoms with Crippen molar-refractivity contribution >= 4 is 17.9 Å². The first kappa shape index (κ1) is 36.3. The predicted molar refractivity (Wildman–Crippen MR) is 166 cm³/mol. The molecule has 0 aromatic heterocycles. The highest BCUT2D eigenvalue weighted by molar-refractivity contribution is 5.82. The summed E-state index contributed by atoms with van der Waals surface area (Å²) in [5.74, 6) is -1.47. The lowest BCUT2D eigenvalue weighted by molar-refractivity contribution is -0.304. The highest BCUT2D eigenvalue weighted by Gasteiger charge is 2.45. The smallest absolute Gasteiger partial charge is 0.317 e. The predicted octanol–water partition coefficient (Wildman–Crippen LogP) is 6.33. The molecular weight excluding hydrogens is 534 g/mol. The number of hydrogen-bond donors (Lipinski definition) is 2. The summed E-state index contributed by atoms with van der Waals surface area (Å²) in [6, 6.07) is -0.280. The van der Waals surface area contributed by atoms with Gasteiger partial charge >= 0.3 is 12.0 Å². The van der Waals surface area contributed by atoms with Gasteiger partial charge in [-0.2, -0.15) is 0 Å². The molecular formula is C33H61N3O6. The van der Waals surface area contributed by atoms with Gasteiger partial charge in [0.1, 0.15) is 12.2 Å². The maximum Gasteiger partial charge on any atom is 0.317 e. The first-order chi connectivity index (χ1) is 19.6. The lowest BCUT2D eigenvalue weighted by atomic mass is 9.85. The van der Waals surface area contributed by atoms with E-state index in [0.717, 1.165) is 45.1 Å². The minimum Gasteiger partial charge on any atom is -0.460 e. The van der Waals surface area contributed by atoms with E-state index < -0.39 is 17.3 Å². The normalized spacial score (nSPS) is 23.6. The molecule has 0 aromatic carbocycles. The summed E-state index contributed by atoms with van der Waals surface area (Å²) in [4.78, 5) is 41.0. The van der Waals surface area contributed by atoms with E-state index in [1.54, 1.807) is 13.8 Å². The number of amides is 3. The van der Waals surface area contributed by atoms with Crippen LogP contribution >= 0.6 is 0 Å². The number of ether oxygens (including phenoxy) is 3. The Balaban J connectivity index is 1.85. The van der Waals surface area contributed by atoms with Crippen molar-refractivity contribution in [1.29, 1.82) is 0 Å². The zero-order valence-electron chi connectivity index (χ0n) is 27.9. The number of esters is 1. The van der Waals surface area contributed by atoms with Crippen molar-refractivity contribution in [2.75, 3.05) is 26.2 Å². The second-order valence-electron chi connectivity index (χ2n) is 14.7. The molecule has 0 bridgehead atoms. The number of urea groups is 1. The molecule has 42 heavy (non-hydrogen) atoms. The molecule has 3 amide bonds. The van der Waals surface area contributed by atoms with Gasteiger partial charge in [0.25, 0.3) is 0 Å². The Morgan fingerprint density at radius 2 is 1.60 bits per heavy atom. The van der Waals surface area contributed by atoms with Gasteiger partial charge in [0.2, 0.25) is 5.91 Å². The van der Waals surface area contributed by atoms with E-state index in [2.05, 4.69) is 38.3 Å². The molecule has 1 aliphatic carbocycles. The molecule has 0 aromatic rings. The van der Waals surface area contributed by atoms with E-state index in [4.69, 9.17) is 14.2 Å². The third-order valence-corrected chi connectivity index (χ3v) is 8.05. The number of unbranched alkanes of at least 4 members (excludes halogenated alkanes) is 6. The highest BCUT2D eigenvalue weighted by Crippen LogP contribution is 2.35. The zero-order valence-corrected chi connectivity index (χ0v) is 27.9. The molecule has 2 fully saturated rings. The summed E-state index contributed by atoms with van der Waals surface area (Å²) in [7, 11) is 0. The van der Waals surface area contributed by atoms with Crippen LogP contribution in [0.15, 0.2) is 0 Å². The SMILES string of the molecule is CCCCCCCCCN(CC(C)(C)C)C(=O)N[C@H]1CCCC[C@@H]1OC(=O)CCNC(=O)[C@@H]1OC(C)(C)OCC1(C)C. The van der Waals surface area contributed by atoms with Crippen molar-refractivity contribution in [2.24, 2.45) is 10.8 Å². The first-order valence-electron chi connectivity index (χ1n) is 16.5. The van der Waals surface area contributed by atoms with E-state index in [1.807, 2.05) is 18.7 Å². The van der Waals surface area contributed by atoms with Gasteiger partial charge in [0.05, 0.1) is 19.1 Å². The van der Waals surface area contributed by atoms with Gasteiger partial charge < -0.3 is 29.7 Å². The third-order valence-electron chi connectivity index (χ3n) is 8.05. The maximum absolute atomic E-state index is 13.4. The van der Waals surface area contributed by atoms with E-state index in [1.165, 1.54) is 32.1 Å². The summed E-state index contributed by atoms with van der Waals surface area (Å²) in [6.07, 6.45) is 10.9. The molecule has 9 nitrogen and oxygen atoms in total. The zero-order chi connectivity index (χ0) is 31.4. The van der Waals surface area contributed by atoms with E-state index in [9.17, 15) is 14.4 Å². The van der Waals surface area contributed by atoms with Crippen LogP contribution in [0.4, 0.5) is 4.79 Å². The molecule has 2 aliphatic rings. The Labute approximate surface area is 255 Å². The van der Waals surface area contributed by atoms with Gasteiger partial charge in [0, 0.05) is 25.0 Å². The molecule has 0 radical (unpaired) electrons. The minimum atomic E-state index is -0.840. The van der Waals surface area contributed by atoms with Crippen LogP contribution in [0.3, 0.4) is 0 Å². The standard InChI is InChI=1S/C33H61N3O6/c1-9-10-11-12-13-14-17-22-36(23-31(2,3)4)30(39)35-25-18-15-16-19-26(25)41-27(37)20-21-34-29(38)28-32(5,6)24-40-33(7,8)42-28/h25-26,28H,9-24H2,1-8H3,(H,34,38)(H,35,39)/t25-,26-,28-/m0/s1. The van der Waals surface area contributed by atoms with E-state index >= 15 is 0 Å². The van der Waals surface area contributed by atoms with Crippen LogP contribution < -0.4 is 10.6 Å². The van der Waals surface area contributed by atoms with Crippen molar-refractivity contribution in [3.05, 3.63) is 0 Å². The fraction of sp³-hybridized carbons (Fsp3) is 0.909. The van der Waals surface area contributed by atoms with E-state index in [0.29, 0.717) is 13.2 Å². The Hall–Kier alpha value is -1.87. The summed E-state index contributed by atoms with van der Waals surface area (Å²) in [5.41, 5.74) is -0.495. The number of carbonyl (C=O) groups excluding carboxylic acids is 3. The Morgan fingerprint density at radius 1 is 0.952 bits per heavy atom. The average Bonchev–Trinajstić information content (AvgIpc) is 2.89. The fourth-order valence-corrected chi connectivity index (χ4v) is 5.67. The molecule has 1 heterocycles. The molecule has 0 spiro atoms. The number of nitrogens with zero attached hydrogens (tertiary/aromatic N) is 1. The number of hydrogen-bond acceptors (Lipinski definition) is 6. The highest BCUT2D eigenvalue weighted by atomic mass is 16.7. The monoisotopic (exact) mass is 595 g/mol. The largest absolute Gasteiger partial charge is 0.460 e. The van der Waals surface area contributed by atoms with Crippen molar-refractivity contribution in [3.63, 3.8) is 0 Å². The molecule has 9 heteroatoms. The van der Waals surface area contributed by atoms with Crippen molar-refractivity contribution in [2.45, 2.75) is 156 Å². The molecule has 0 unspecified atom stereocenters. The van der Waals surface area contributed by atoms with Crippen LogP contribution in [0.2, 0.25) is 0 Å². The van der Waals surface area contributed by atoms with Gasteiger partial charge in [-0.05, 0) is 44.9 Å². The van der Waals surface area contributed by atoms with Crippen molar-refractivity contribution in [1.82, 2.24) is 15.5 Å². The van der Waals surface area contributed by atoms with Gasteiger partial charge in [0.15, 0.2) is 5.79 Å². The van der Waals surface area contributed by atoms with Gasteiger partial charge in [-0.1, -0.05) is 86.5 Å². The summed E-state index contributed by atoms with van der Waals surface area (Å²) in [5, 5.41) is 6.05. The van der Waals surface area contributed by atoms with Crippen LogP contribution in [0.25, 0.3) is 0 Å². The lowest BCUT2D eigenvalue weighted by Crippen LogP contribution is -2.56. The van der Waals surface area contributed by atoms with Crippen molar-refractivity contribution < 1.29 is 28.6 Å². The Kier molecular flexibility index (Phi) is 14.6. The Bertz CT molecular complexity index is 853. The van der Waals surface area contributed by atoms with Crippen LogP contribution in [-0.2, 0) is 23.8 Å². The lowest BCUT2D eigenvalue weighted by Gasteiger charge is -2.44. The third kappa shape index (κ3) is 13.2. The molecule has 1 aliphatic heterocycles. The van der Waals surface area contributed by atoms with Crippen LogP contribution in [-0.4, -0.2) is 73.1 Å². The average molecular weight is 596 g/mol. The molecule has 1 saturated carbocycles. The van der Waals surface area contributed by atoms with Gasteiger partial charge in [-0.15, -0.1) is 0 Å². The Morgan fingerprint density at radius 3 is 2.26 bits per heavy atom. The van der Waals surface area contributed by atoms with Crippen molar-refractivity contribution in [3.8, 4) is 0 Å².